The fourth-order valence-corrected chi connectivity index (χ4v) is 4.04. The van der Waals surface area contributed by atoms with Crippen LogP contribution in [0.2, 0.25) is 0 Å². The van der Waals surface area contributed by atoms with Gasteiger partial charge in [-0.25, -0.2) is 0 Å². The highest BCUT2D eigenvalue weighted by molar-refractivity contribution is 6.09. The number of amides is 2. The quantitative estimate of drug-likeness (QED) is 0.797. The molecular formula is C24H27N3O4. The summed E-state index contributed by atoms with van der Waals surface area (Å²) in [5.41, 5.74) is 2.27. The van der Waals surface area contributed by atoms with Crippen molar-refractivity contribution in [1.29, 1.82) is 0 Å². The van der Waals surface area contributed by atoms with Crippen LogP contribution in [0.4, 0.5) is 5.69 Å². The van der Waals surface area contributed by atoms with Crippen molar-refractivity contribution in [1.82, 2.24) is 4.90 Å². The van der Waals surface area contributed by atoms with Gasteiger partial charge in [-0.1, -0.05) is 23.4 Å². The van der Waals surface area contributed by atoms with Gasteiger partial charge in [0.15, 0.2) is 0 Å². The van der Waals surface area contributed by atoms with Crippen molar-refractivity contribution < 1.29 is 19.2 Å². The molecule has 162 valence electrons. The number of benzene rings is 2. The topological polar surface area (TPSA) is 80.2 Å². The van der Waals surface area contributed by atoms with Crippen LogP contribution in [0.1, 0.15) is 47.7 Å². The minimum Gasteiger partial charge on any atom is -0.496 e. The SMILES string of the molecule is COc1ccccc1C1=NO[C@@](C)(C(=O)Nc2cccc(C(=O)N3CCCC3)c2C)C1. The summed E-state index contributed by atoms with van der Waals surface area (Å²) >= 11 is 0. The molecule has 0 unspecified atom stereocenters. The van der Waals surface area contributed by atoms with E-state index in [0.717, 1.165) is 37.1 Å². The number of carbonyl (C=O) groups is 2. The maximum absolute atomic E-state index is 13.1. The highest BCUT2D eigenvalue weighted by Crippen LogP contribution is 2.32. The maximum Gasteiger partial charge on any atom is 0.271 e. The Bertz CT molecular complexity index is 1040. The zero-order chi connectivity index (χ0) is 22.0. The largest absolute Gasteiger partial charge is 0.496 e. The second-order valence-corrected chi connectivity index (χ2v) is 8.17. The van der Waals surface area contributed by atoms with E-state index in [1.807, 2.05) is 42.2 Å². The third kappa shape index (κ3) is 4.00. The Labute approximate surface area is 182 Å². The van der Waals surface area contributed by atoms with E-state index >= 15 is 0 Å². The van der Waals surface area contributed by atoms with Gasteiger partial charge in [0.2, 0.25) is 5.60 Å². The van der Waals surface area contributed by atoms with Gasteiger partial charge in [-0.2, -0.15) is 0 Å². The number of rotatable bonds is 5. The lowest BCUT2D eigenvalue weighted by atomic mass is 9.94. The first-order valence-corrected chi connectivity index (χ1v) is 10.5. The summed E-state index contributed by atoms with van der Waals surface area (Å²) in [5, 5.41) is 7.11. The van der Waals surface area contributed by atoms with Gasteiger partial charge in [0.1, 0.15) is 5.75 Å². The molecule has 0 saturated carbocycles. The molecule has 2 aliphatic rings. The molecule has 31 heavy (non-hydrogen) atoms. The van der Waals surface area contributed by atoms with Crippen LogP contribution in [0.5, 0.6) is 5.75 Å². The van der Waals surface area contributed by atoms with E-state index in [9.17, 15) is 9.59 Å². The van der Waals surface area contributed by atoms with E-state index in [0.29, 0.717) is 29.1 Å². The van der Waals surface area contributed by atoms with Crippen molar-refractivity contribution in [2.75, 3.05) is 25.5 Å². The summed E-state index contributed by atoms with van der Waals surface area (Å²) in [7, 11) is 1.60. The third-order valence-electron chi connectivity index (χ3n) is 5.97. The third-order valence-corrected chi connectivity index (χ3v) is 5.97. The van der Waals surface area contributed by atoms with Gasteiger partial charge < -0.3 is 19.8 Å². The van der Waals surface area contributed by atoms with Gasteiger partial charge in [0.05, 0.1) is 12.8 Å². The van der Waals surface area contributed by atoms with Gasteiger partial charge in [0, 0.05) is 36.3 Å². The molecule has 2 heterocycles. The monoisotopic (exact) mass is 421 g/mol. The van der Waals surface area contributed by atoms with Gasteiger partial charge in [-0.15, -0.1) is 0 Å². The van der Waals surface area contributed by atoms with E-state index in [-0.39, 0.29) is 11.8 Å². The van der Waals surface area contributed by atoms with E-state index < -0.39 is 5.60 Å². The Morgan fingerprint density at radius 3 is 2.61 bits per heavy atom. The predicted molar refractivity (Wildman–Crippen MR) is 119 cm³/mol. The number of ether oxygens (including phenoxy) is 1. The van der Waals surface area contributed by atoms with Gasteiger partial charge in [-0.05, 0) is 56.5 Å². The van der Waals surface area contributed by atoms with E-state index in [4.69, 9.17) is 9.57 Å². The molecule has 0 aliphatic carbocycles. The van der Waals surface area contributed by atoms with Crippen LogP contribution in [-0.4, -0.2) is 48.2 Å². The van der Waals surface area contributed by atoms with E-state index in [2.05, 4.69) is 10.5 Å². The van der Waals surface area contributed by atoms with Crippen LogP contribution in [0.15, 0.2) is 47.6 Å². The minimum atomic E-state index is -1.16. The number of hydrogen-bond acceptors (Lipinski definition) is 5. The van der Waals surface area contributed by atoms with Crippen LogP contribution in [0.25, 0.3) is 0 Å². The molecule has 7 heteroatoms. The van der Waals surface area contributed by atoms with E-state index in [1.165, 1.54) is 0 Å². The number of nitrogens with one attached hydrogen (secondary N) is 1. The smallest absolute Gasteiger partial charge is 0.271 e. The molecule has 0 bridgehead atoms. The summed E-state index contributed by atoms with van der Waals surface area (Å²) in [5.74, 6) is 0.379. The van der Waals surface area contributed by atoms with E-state index in [1.54, 1.807) is 26.2 Å². The van der Waals surface area contributed by atoms with Gasteiger partial charge >= 0.3 is 0 Å². The predicted octanol–water partition coefficient (Wildman–Crippen LogP) is 3.76. The summed E-state index contributed by atoms with van der Waals surface area (Å²) in [6.07, 6.45) is 2.38. The molecular weight excluding hydrogens is 394 g/mol. The Balaban J connectivity index is 1.50. The molecule has 1 N–H and O–H groups in total. The summed E-state index contributed by atoms with van der Waals surface area (Å²) in [6, 6.07) is 12.9. The number of hydrogen-bond donors (Lipinski definition) is 1. The first-order chi connectivity index (χ1) is 14.9. The van der Waals surface area contributed by atoms with Crippen LogP contribution >= 0.6 is 0 Å². The standard InChI is InChI=1S/C24H27N3O4/c1-16-17(22(28)27-13-6-7-14-27)10-8-11-19(16)25-23(29)24(2)15-20(26-31-24)18-9-4-5-12-21(18)30-3/h4-5,8-12H,6-7,13-15H2,1-3H3,(H,25,29)/t24-/m1/s1. The first kappa shape index (κ1) is 20.9. The normalized spacial score (nSPS) is 20.2. The molecule has 4 rings (SSSR count). The van der Waals surface area contributed by atoms with Gasteiger partial charge in [0.25, 0.3) is 11.8 Å². The number of nitrogens with zero attached hydrogens (tertiary/aromatic N) is 2. The fraction of sp³-hybridized carbons (Fsp3) is 0.375. The van der Waals surface area contributed by atoms with Gasteiger partial charge in [-0.3, -0.25) is 9.59 Å². The Morgan fingerprint density at radius 2 is 1.87 bits per heavy atom. The zero-order valence-corrected chi connectivity index (χ0v) is 18.1. The summed E-state index contributed by atoms with van der Waals surface area (Å²) in [6.45, 7) is 5.13. The average molecular weight is 421 g/mol. The molecule has 2 amide bonds. The molecule has 0 aromatic heterocycles. The highest BCUT2D eigenvalue weighted by Gasteiger charge is 2.43. The van der Waals surface area contributed by atoms with Crippen molar-refractivity contribution >= 4 is 23.2 Å². The molecule has 1 saturated heterocycles. The van der Waals surface area contributed by atoms with Crippen LogP contribution < -0.4 is 10.1 Å². The average Bonchev–Trinajstić information content (AvgIpc) is 3.45. The number of anilines is 1. The Kier molecular flexibility index (Phi) is 5.67. The maximum atomic E-state index is 13.1. The fourth-order valence-electron chi connectivity index (χ4n) is 4.04. The van der Waals surface area contributed by atoms with Crippen molar-refractivity contribution in [2.45, 2.75) is 38.7 Å². The lowest BCUT2D eigenvalue weighted by Crippen LogP contribution is -2.40. The Morgan fingerprint density at radius 1 is 1.13 bits per heavy atom. The van der Waals surface area contributed by atoms with Crippen molar-refractivity contribution in [3.05, 3.63) is 59.2 Å². The summed E-state index contributed by atoms with van der Waals surface area (Å²) in [4.78, 5) is 33.4. The first-order valence-electron chi connectivity index (χ1n) is 10.5. The molecule has 0 spiro atoms. The molecule has 2 aromatic rings. The number of likely N-dealkylation sites (tertiary alicyclic amines) is 1. The second kappa shape index (κ2) is 8.41. The molecule has 1 fully saturated rings. The Hall–Kier alpha value is -3.35. The lowest BCUT2D eigenvalue weighted by Gasteiger charge is -2.22. The van der Waals surface area contributed by atoms with Crippen LogP contribution in [0.3, 0.4) is 0 Å². The molecule has 7 nitrogen and oxygen atoms in total. The van der Waals surface area contributed by atoms with Crippen molar-refractivity contribution in [3.63, 3.8) is 0 Å². The molecule has 2 aliphatic heterocycles. The minimum absolute atomic E-state index is 0.0104. The molecule has 1 atom stereocenters. The summed E-state index contributed by atoms with van der Waals surface area (Å²) < 4.78 is 5.40. The number of carbonyl (C=O) groups excluding carboxylic acids is 2. The number of para-hydroxylation sites is 1. The number of methoxy groups -OCH3 is 1. The second-order valence-electron chi connectivity index (χ2n) is 8.17. The highest BCUT2D eigenvalue weighted by atomic mass is 16.7. The molecule has 2 aromatic carbocycles. The van der Waals surface area contributed by atoms with Crippen molar-refractivity contribution in [2.24, 2.45) is 5.16 Å². The lowest BCUT2D eigenvalue weighted by molar-refractivity contribution is -0.135. The van der Waals surface area contributed by atoms with Crippen molar-refractivity contribution in [3.8, 4) is 5.75 Å². The number of oxime groups is 1. The molecule has 0 radical (unpaired) electrons. The zero-order valence-electron chi connectivity index (χ0n) is 18.1. The van der Waals surface area contributed by atoms with Crippen LogP contribution in [-0.2, 0) is 9.63 Å². The van der Waals surface area contributed by atoms with Crippen LogP contribution in [0, 0.1) is 6.92 Å².